The summed E-state index contributed by atoms with van der Waals surface area (Å²) in [5, 5.41) is 10.7. The van der Waals surface area contributed by atoms with Gasteiger partial charge in [-0.2, -0.15) is 0 Å². The number of hydrogen-bond donors (Lipinski definition) is 1. The number of fused-ring (bicyclic) bond motifs is 1. The van der Waals surface area contributed by atoms with Crippen molar-refractivity contribution in [3.05, 3.63) is 35.9 Å². The number of aliphatic hydroxyl groups is 1. The van der Waals surface area contributed by atoms with Crippen LogP contribution in [0.4, 0.5) is 0 Å². The molecule has 7 nitrogen and oxygen atoms in total. The van der Waals surface area contributed by atoms with Crippen molar-refractivity contribution in [2.75, 3.05) is 13.7 Å². The smallest absolute Gasteiger partial charge is 0.306 e. The van der Waals surface area contributed by atoms with Gasteiger partial charge in [0.15, 0.2) is 18.7 Å². The predicted octanol–water partition coefficient (Wildman–Crippen LogP) is 3.11. The van der Waals surface area contributed by atoms with E-state index in [1.165, 1.54) is 13.5 Å². The highest BCUT2D eigenvalue weighted by Gasteiger charge is 2.51. The lowest BCUT2D eigenvalue weighted by Gasteiger charge is -2.47. The number of rotatable bonds is 9. The monoisotopic (exact) mass is 408 g/mol. The predicted molar refractivity (Wildman–Crippen MR) is 105 cm³/mol. The van der Waals surface area contributed by atoms with Gasteiger partial charge in [0, 0.05) is 19.1 Å². The van der Waals surface area contributed by atoms with Crippen LogP contribution in [0.5, 0.6) is 0 Å². The fraction of sp³-hybridized carbons (Fsp3) is 0.682. The lowest BCUT2D eigenvalue weighted by atomic mass is 9.97. The maximum atomic E-state index is 12.4. The molecule has 2 saturated heterocycles. The molecule has 2 heterocycles. The van der Waals surface area contributed by atoms with Gasteiger partial charge in [-0.3, -0.25) is 4.79 Å². The average Bonchev–Trinajstić information content (AvgIpc) is 2.75. The quantitative estimate of drug-likeness (QED) is 0.496. The van der Waals surface area contributed by atoms with Crippen LogP contribution in [0.15, 0.2) is 30.3 Å². The number of benzene rings is 1. The normalized spacial score (nSPS) is 31.8. The molecular formula is C22H32O7. The summed E-state index contributed by atoms with van der Waals surface area (Å²) >= 11 is 0. The molecule has 1 aromatic rings. The van der Waals surface area contributed by atoms with Gasteiger partial charge in [-0.25, -0.2) is 0 Å². The van der Waals surface area contributed by atoms with Crippen molar-refractivity contribution in [1.82, 2.24) is 0 Å². The fourth-order valence-electron chi connectivity index (χ4n) is 3.75. The zero-order valence-corrected chi connectivity index (χ0v) is 17.2. The van der Waals surface area contributed by atoms with E-state index in [2.05, 4.69) is 6.92 Å². The molecule has 0 bridgehead atoms. The first-order valence-corrected chi connectivity index (χ1v) is 10.5. The second kappa shape index (κ2) is 11.0. The highest BCUT2D eigenvalue weighted by atomic mass is 16.8. The van der Waals surface area contributed by atoms with E-state index in [0.717, 1.165) is 31.2 Å². The Bertz CT molecular complexity index is 623. The first-order valence-electron chi connectivity index (χ1n) is 10.5. The molecule has 3 rings (SSSR count). The van der Waals surface area contributed by atoms with Gasteiger partial charge in [-0.1, -0.05) is 62.9 Å². The third-order valence-electron chi connectivity index (χ3n) is 5.36. The van der Waals surface area contributed by atoms with Crippen LogP contribution in [0, 0.1) is 0 Å². The van der Waals surface area contributed by atoms with Crippen molar-refractivity contribution in [2.24, 2.45) is 0 Å². The minimum absolute atomic E-state index is 0.252. The standard InChI is InChI=1S/C22H32O7/c1-3-4-5-6-10-13-17(23)28-20-18(24)22(25-2)27-16-14-26-21(29-19(16)20)15-11-8-7-9-12-15/h7-9,11-12,16,18-22,24H,3-6,10,13-14H2,1-2H3/t16-,18-,19-,20-,21?,22+/m1/s1. The Balaban J connectivity index is 1.64. The van der Waals surface area contributed by atoms with Crippen LogP contribution >= 0.6 is 0 Å². The lowest BCUT2D eigenvalue weighted by Crippen LogP contribution is -2.63. The number of methoxy groups -OCH3 is 1. The molecular weight excluding hydrogens is 376 g/mol. The molecule has 2 aliphatic rings. The highest BCUT2D eigenvalue weighted by molar-refractivity contribution is 5.69. The highest BCUT2D eigenvalue weighted by Crippen LogP contribution is 2.35. The van der Waals surface area contributed by atoms with Crippen molar-refractivity contribution < 1.29 is 33.6 Å². The van der Waals surface area contributed by atoms with Crippen molar-refractivity contribution in [3.63, 3.8) is 0 Å². The number of esters is 1. The molecule has 7 heteroatoms. The summed E-state index contributed by atoms with van der Waals surface area (Å²) in [5.41, 5.74) is 0.857. The molecule has 0 spiro atoms. The van der Waals surface area contributed by atoms with Crippen LogP contribution in [-0.2, 0) is 28.5 Å². The second-order valence-corrected chi connectivity index (χ2v) is 7.56. The van der Waals surface area contributed by atoms with Crippen molar-refractivity contribution in [1.29, 1.82) is 0 Å². The van der Waals surface area contributed by atoms with Crippen LogP contribution in [0.25, 0.3) is 0 Å². The molecule has 0 saturated carbocycles. The zero-order valence-electron chi connectivity index (χ0n) is 17.2. The molecule has 162 valence electrons. The SMILES string of the molecule is CCCCCCCC(=O)O[C@@H]1[C@@H](O)[C@@H](OC)O[C@@H]2COC(c3ccccc3)O[C@@H]12. The maximum absolute atomic E-state index is 12.4. The van der Waals surface area contributed by atoms with E-state index < -0.39 is 37.0 Å². The minimum Gasteiger partial charge on any atom is -0.456 e. The van der Waals surface area contributed by atoms with Gasteiger partial charge in [0.2, 0.25) is 0 Å². The summed E-state index contributed by atoms with van der Waals surface area (Å²) in [5.74, 6) is -0.340. The molecule has 2 fully saturated rings. The molecule has 0 aromatic heterocycles. The van der Waals surface area contributed by atoms with E-state index in [9.17, 15) is 9.90 Å². The van der Waals surface area contributed by atoms with E-state index in [1.54, 1.807) is 0 Å². The van der Waals surface area contributed by atoms with Crippen molar-refractivity contribution in [3.8, 4) is 0 Å². The van der Waals surface area contributed by atoms with Gasteiger partial charge in [0.25, 0.3) is 0 Å². The third-order valence-corrected chi connectivity index (χ3v) is 5.36. The molecule has 29 heavy (non-hydrogen) atoms. The van der Waals surface area contributed by atoms with Crippen molar-refractivity contribution >= 4 is 5.97 Å². The van der Waals surface area contributed by atoms with Gasteiger partial charge < -0.3 is 28.8 Å². The molecule has 2 aliphatic heterocycles. The Labute approximate surface area is 172 Å². The van der Waals surface area contributed by atoms with Crippen LogP contribution in [0.3, 0.4) is 0 Å². The largest absolute Gasteiger partial charge is 0.456 e. The van der Waals surface area contributed by atoms with Gasteiger partial charge in [0.1, 0.15) is 18.3 Å². The number of carbonyl (C=O) groups excluding carboxylic acids is 1. The van der Waals surface area contributed by atoms with Gasteiger partial charge in [0.05, 0.1) is 6.61 Å². The number of hydrogen-bond acceptors (Lipinski definition) is 7. The maximum Gasteiger partial charge on any atom is 0.306 e. The molecule has 6 atom stereocenters. The van der Waals surface area contributed by atoms with E-state index in [0.29, 0.717) is 6.42 Å². The van der Waals surface area contributed by atoms with Crippen LogP contribution in [0.2, 0.25) is 0 Å². The van der Waals surface area contributed by atoms with E-state index in [4.69, 9.17) is 23.7 Å². The molecule has 0 radical (unpaired) electrons. The Morgan fingerprint density at radius 1 is 1.14 bits per heavy atom. The van der Waals surface area contributed by atoms with Gasteiger partial charge >= 0.3 is 5.97 Å². The first kappa shape index (κ1) is 22.2. The molecule has 1 unspecified atom stereocenters. The van der Waals surface area contributed by atoms with Gasteiger partial charge in [-0.05, 0) is 6.42 Å². The summed E-state index contributed by atoms with van der Waals surface area (Å²) in [7, 11) is 1.44. The first-order chi connectivity index (χ1) is 14.1. The van der Waals surface area contributed by atoms with E-state index in [-0.39, 0.29) is 12.6 Å². The van der Waals surface area contributed by atoms with Crippen LogP contribution < -0.4 is 0 Å². The van der Waals surface area contributed by atoms with E-state index in [1.807, 2.05) is 30.3 Å². The van der Waals surface area contributed by atoms with Crippen LogP contribution in [0.1, 0.15) is 57.3 Å². The fourth-order valence-corrected chi connectivity index (χ4v) is 3.75. The lowest BCUT2D eigenvalue weighted by molar-refractivity contribution is -0.358. The summed E-state index contributed by atoms with van der Waals surface area (Å²) in [6, 6.07) is 9.52. The number of ether oxygens (including phenoxy) is 5. The summed E-state index contributed by atoms with van der Waals surface area (Å²) in [6.45, 7) is 2.40. The van der Waals surface area contributed by atoms with Crippen molar-refractivity contribution in [2.45, 2.75) is 82.4 Å². The summed E-state index contributed by atoms with van der Waals surface area (Å²) < 4.78 is 28.5. The molecule has 1 N–H and O–H groups in total. The van der Waals surface area contributed by atoms with Gasteiger partial charge in [-0.15, -0.1) is 0 Å². The average molecular weight is 408 g/mol. The molecule has 0 amide bonds. The Morgan fingerprint density at radius 3 is 2.62 bits per heavy atom. The number of unbranched alkanes of at least 4 members (excludes halogenated alkanes) is 4. The third kappa shape index (κ3) is 5.77. The summed E-state index contributed by atoms with van der Waals surface area (Å²) in [6.07, 6.45) is 0.858. The number of aliphatic hydroxyl groups excluding tert-OH is 1. The Kier molecular flexibility index (Phi) is 8.44. The molecule has 0 aliphatic carbocycles. The Hall–Kier alpha value is -1.51. The van der Waals surface area contributed by atoms with E-state index >= 15 is 0 Å². The minimum atomic E-state index is -1.14. The Morgan fingerprint density at radius 2 is 1.90 bits per heavy atom. The topological polar surface area (TPSA) is 83.5 Å². The van der Waals surface area contributed by atoms with Crippen LogP contribution in [-0.4, -0.2) is 55.5 Å². The number of carbonyl (C=O) groups is 1. The zero-order chi connectivity index (χ0) is 20.6. The second-order valence-electron chi connectivity index (χ2n) is 7.56. The summed E-state index contributed by atoms with van der Waals surface area (Å²) in [4.78, 5) is 12.4. The molecule has 1 aromatic carbocycles.